The normalized spacial score (nSPS) is 26.6. The first kappa shape index (κ1) is 16.2. The van der Waals surface area contributed by atoms with Gasteiger partial charge in [0.15, 0.2) is 0 Å². The van der Waals surface area contributed by atoms with E-state index in [1.807, 2.05) is 0 Å². The molecule has 0 atom stereocenters. The van der Waals surface area contributed by atoms with Crippen LogP contribution in [-0.4, -0.2) is 24.5 Å². The fourth-order valence-electron chi connectivity index (χ4n) is 2.54. The maximum atomic E-state index is 2.58. The lowest BCUT2D eigenvalue weighted by Crippen LogP contribution is -2.41. The summed E-state index contributed by atoms with van der Waals surface area (Å²) < 4.78 is 0. The number of fused-ring (bicyclic) bond motifs is 3. The van der Waals surface area contributed by atoms with Crippen molar-refractivity contribution in [2.45, 2.75) is 65.2 Å². The Hall–Kier alpha value is 0.250. The van der Waals surface area contributed by atoms with Gasteiger partial charge in [-0.15, -0.1) is 12.4 Å². The molecule has 0 aliphatic carbocycles. The molecule has 0 aromatic carbocycles. The molecule has 3 aliphatic heterocycles. The van der Waals surface area contributed by atoms with Crippen molar-refractivity contribution in [3.63, 3.8) is 0 Å². The van der Waals surface area contributed by atoms with Crippen LogP contribution in [0.15, 0.2) is 0 Å². The van der Waals surface area contributed by atoms with E-state index in [1.165, 1.54) is 71.0 Å². The summed E-state index contributed by atoms with van der Waals surface area (Å²) in [6, 6.07) is 0. The molecule has 0 N–H and O–H groups in total. The summed E-state index contributed by atoms with van der Waals surface area (Å²) in [7, 11) is 0. The number of unbranched alkanes of at least 4 members (excludes halogenated alkanes) is 4. The van der Waals surface area contributed by atoms with Gasteiger partial charge >= 0.3 is 0 Å². The highest BCUT2D eigenvalue weighted by molar-refractivity contribution is 5.85. The van der Waals surface area contributed by atoms with Crippen molar-refractivity contribution < 1.29 is 0 Å². The minimum Gasteiger partial charge on any atom is -0.303 e. The molecule has 3 rings (SSSR count). The summed E-state index contributed by atoms with van der Waals surface area (Å²) >= 11 is 0. The van der Waals surface area contributed by atoms with Crippen molar-refractivity contribution in [3.8, 4) is 0 Å². The van der Waals surface area contributed by atoms with Gasteiger partial charge in [-0.3, -0.25) is 0 Å². The average molecular weight is 248 g/mol. The summed E-state index contributed by atoms with van der Waals surface area (Å²) in [6.07, 6.45) is 11.5. The van der Waals surface area contributed by atoms with E-state index in [2.05, 4.69) is 18.7 Å². The van der Waals surface area contributed by atoms with Gasteiger partial charge in [0.2, 0.25) is 0 Å². The third-order valence-electron chi connectivity index (χ3n) is 3.77. The number of piperidine rings is 3. The van der Waals surface area contributed by atoms with Gasteiger partial charge in [-0.05, 0) is 44.8 Å². The van der Waals surface area contributed by atoms with E-state index in [1.54, 1.807) is 0 Å². The monoisotopic (exact) mass is 247 g/mol. The zero-order valence-corrected chi connectivity index (χ0v) is 12.0. The summed E-state index contributed by atoms with van der Waals surface area (Å²) in [5.74, 6) is 1.11. The molecule has 0 radical (unpaired) electrons. The van der Waals surface area contributed by atoms with Gasteiger partial charge in [0, 0.05) is 0 Å². The van der Waals surface area contributed by atoms with Crippen molar-refractivity contribution in [3.05, 3.63) is 0 Å². The first-order valence-corrected chi connectivity index (χ1v) is 7.09. The van der Waals surface area contributed by atoms with E-state index in [4.69, 9.17) is 0 Å². The molecule has 0 unspecified atom stereocenters. The zero-order valence-electron chi connectivity index (χ0n) is 11.2. The molecule has 3 heterocycles. The van der Waals surface area contributed by atoms with Gasteiger partial charge in [-0.1, -0.05) is 46.0 Å². The van der Waals surface area contributed by atoms with E-state index in [-0.39, 0.29) is 12.4 Å². The third-order valence-corrected chi connectivity index (χ3v) is 3.77. The lowest BCUT2D eigenvalue weighted by Gasteiger charge is -2.38. The van der Waals surface area contributed by atoms with Crippen LogP contribution in [0.2, 0.25) is 0 Å². The highest BCUT2D eigenvalue weighted by Crippen LogP contribution is 2.26. The molecule has 2 heteroatoms. The molecule has 0 aromatic rings. The summed E-state index contributed by atoms with van der Waals surface area (Å²) in [5, 5.41) is 0. The molecule has 0 spiro atoms. The van der Waals surface area contributed by atoms with Crippen LogP contribution in [0.1, 0.15) is 65.2 Å². The van der Waals surface area contributed by atoms with Crippen molar-refractivity contribution in [1.82, 2.24) is 4.90 Å². The highest BCUT2D eigenvalue weighted by Gasteiger charge is 2.24. The Balaban J connectivity index is 0.000000269. The van der Waals surface area contributed by atoms with E-state index < -0.39 is 0 Å². The van der Waals surface area contributed by atoms with E-state index in [0.717, 1.165) is 5.92 Å². The molecule has 3 fully saturated rings. The topological polar surface area (TPSA) is 3.24 Å². The van der Waals surface area contributed by atoms with E-state index >= 15 is 0 Å². The van der Waals surface area contributed by atoms with Crippen molar-refractivity contribution in [1.29, 1.82) is 0 Å². The molecule has 0 saturated carbocycles. The quantitative estimate of drug-likeness (QED) is 0.662. The molecular weight excluding hydrogens is 218 g/mol. The van der Waals surface area contributed by atoms with Crippen LogP contribution in [-0.2, 0) is 0 Å². The lowest BCUT2D eigenvalue weighted by molar-refractivity contribution is 0.111. The van der Waals surface area contributed by atoms with Crippen molar-refractivity contribution in [2.75, 3.05) is 19.6 Å². The molecule has 1 nitrogen and oxygen atoms in total. The molecule has 3 saturated heterocycles. The average Bonchev–Trinajstić information content (AvgIpc) is 2.33. The van der Waals surface area contributed by atoms with E-state index in [9.17, 15) is 0 Å². The molecule has 16 heavy (non-hydrogen) atoms. The summed E-state index contributed by atoms with van der Waals surface area (Å²) in [6.45, 7) is 8.67. The van der Waals surface area contributed by atoms with Gasteiger partial charge in [-0.25, -0.2) is 0 Å². The van der Waals surface area contributed by atoms with Gasteiger partial charge in [-0.2, -0.15) is 0 Å². The van der Waals surface area contributed by atoms with Crippen molar-refractivity contribution in [2.24, 2.45) is 5.92 Å². The van der Waals surface area contributed by atoms with Crippen molar-refractivity contribution >= 4 is 12.4 Å². The lowest BCUT2D eigenvalue weighted by atomic mass is 9.89. The largest absolute Gasteiger partial charge is 0.303 e. The van der Waals surface area contributed by atoms with E-state index in [0.29, 0.717) is 0 Å². The Morgan fingerprint density at radius 2 is 1.25 bits per heavy atom. The first-order chi connectivity index (χ1) is 7.36. The Kier molecular flexibility index (Phi) is 10.6. The van der Waals surface area contributed by atoms with Gasteiger partial charge in [0.1, 0.15) is 0 Å². The van der Waals surface area contributed by atoms with Gasteiger partial charge in [0.25, 0.3) is 0 Å². The second-order valence-electron chi connectivity index (χ2n) is 5.13. The number of rotatable bonds is 4. The van der Waals surface area contributed by atoms with Crippen LogP contribution in [0.5, 0.6) is 0 Å². The minimum absolute atomic E-state index is 0. The fourth-order valence-corrected chi connectivity index (χ4v) is 2.54. The van der Waals surface area contributed by atoms with Gasteiger partial charge in [0.05, 0.1) is 0 Å². The Morgan fingerprint density at radius 1 is 0.812 bits per heavy atom. The predicted octanol–water partition coefficient (Wildman–Crippen LogP) is 4.50. The number of nitrogens with zero attached hydrogens (tertiary/aromatic N) is 1. The van der Waals surface area contributed by atoms with Crippen LogP contribution >= 0.6 is 12.4 Å². The van der Waals surface area contributed by atoms with Crippen LogP contribution in [0, 0.1) is 5.92 Å². The standard InChI is InChI=1S/C7H13N.C7H16.ClH/c1-4-8-5-2-7(1)3-6-8;1-3-5-7-6-4-2;/h7H,1-6H2;3-7H2,1-2H3;1H. The SMILES string of the molecule is C1CN2CCC1CC2.CCCCCCC.Cl. The maximum absolute atomic E-state index is 2.58. The fraction of sp³-hybridized carbons (Fsp3) is 1.00. The molecular formula is C14H30ClN. The zero-order chi connectivity index (χ0) is 10.9. The van der Waals surface area contributed by atoms with Crippen LogP contribution in [0.3, 0.4) is 0 Å². The molecule has 0 aromatic heterocycles. The number of halogens is 1. The molecule has 0 amide bonds. The predicted molar refractivity (Wildman–Crippen MR) is 75.5 cm³/mol. The summed E-state index contributed by atoms with van der Waals surface area (Å²) in [4.78, 5) is 2.58. The second-order valence-corrected chi connectivity index (χ2v) is 5.13. The Labute approximate surface area is 108 Å². The molecule has 2 bridgehead atoms. The van der Waals surface area contributed by atoms with Crippen LogP contribution in [0.25, 0.3) is 0 Å². The number of hydrogen-bond donors (Lipinski definition) is 0. The first-order valence-electron chi connectivity index (χ1n) is 7.09. The molecule has 3 aliphatic rings. The smallest absolute Gasteiger partial charge is 0.00161 e. The maximum Gasteiger partial charge on any atom is -0.00161 e. The third kappa shape index (κ3) is 6.75. The Morgan fingerprint density at radius 3 is 1.44 bits per heavy atom. The number of hydrogen-bond acceptors (Lipinski definition) is 1. The highest BCUT2D eigenvalue weighted by atomic mass is 35.5. The van der Waals surface area contributed by atoms with Gasteiger partial charge < -0.3 is 4.90 Å². The molecule has 98 valence electrons. The summed E-state index contributed by atoms with van der Waals surface area (Å²) in [5.41, 5.74) is 0. The second kappa shape index (κ2) is 10.4. The van der Waals surface area contributed by atoms with Crippen LogP contribution < -0.4 is 0 Å². The Bertz CT molecular complexity index is 115. The minimum atomic E-state index is 0. The van der Waals surface area contributed by atoms with Crippen LogP contribution in [0.4, 0.5) is 0 Å².